The van der Waals surface area contributed by atoms with E-state index in [9.17, 15) is 4.79 Å². The van der Waals surface area contributed by atoms with Crippen molar-refractivity contribution >= 4 is 27.6 Å². The van der Waals surface area contributed by atoms with E-state index in [-0.39, 0.29) is 0 Å². The van der Waals surface area contributed by atoms with Crippen LogP contribution in [0.5, 0.6) is 0 Å². The van der Waals surface area contributed by atoms with E-state index in [2.05, 4.69) is 21.2 Å². The van der Waals surface area contributed by atoms with Gasteiger partial charge in [0.25, 0.3) is 0 Å². The maximum absolute atomic E-state index is 11.2. The SMILES string of the molecule is CN(N)C(=O)Nc1ccc(Br)c(C#N)c1. The fourth-order valence-electron chi connectivity index (χ4n) is 0.900. The van der Waals surface area contributed by atoms with Gasteiger partial charge in [0.15, 0.2) is 0 Å². The van der Waals surface area contributed by atoms with Gasteiger partial charge < -0.3 is 5.32 Å². The molecule has 0 fully saturated rings. The maximum atomic E-state index is 11.2. The van der Waals surface area contributed by atoms with Crippen LogP contribution in [0.2, 0.25) is 0 Å². The van der Waals surface area contributed by atoms with Crippen LogP contribution < -0.4 is 11.2 Å². The molecule has 1 aromatic rings. The quantitative estimate of drug-likeness (QED) is 0.462. The van der Waals surface area contributed by atoms with Crippen molar-refractivity contribution in [3.05, 3.63) is 28.2 Å². The van der Waals surface area contributed by atoms with Crippen LogP contribution in [-0.4, -0.2) is 18.1 Å². The summed E-state index contributed by atoms with van der Waals surface area (Å²) in [5, 5.41) is 12.2. The van der Waals surface area contributed by atoms with Gasteiger partial charge in [-0.2, -0.15) is 5.26 Å². The predicted octanol–water partition coefficient (Wildman–Crippen LogP) is 1.66. The lowest BCUT2D eigenvalue weighted by molar-refractivity contribution is 0.223. The first-order chi connectivity index (χ1) is 7.04. The summed E-state index contributed by atoms with van der Waals surface area (Å²) >= 11 is 3.22. The van der Waals surface area contributed by atoms with Crippen LogP contribution in [0.3, 0.4) is 0 Å². The second kappa shape index (κ2) is 4.77. The molecule has 2 amide bonds. The molecule has 78 valence electrons. The number of hydrogen-bond acceptors (Lipinski definition) is 3. The van der Waals surface area contributed by atoms with E-state index < -0.39 is 6.03 Å². The molecule has 0 aliphatic carbocycles. The number of rotatable bonds is 1. The average molecular weight is 269 g/mol. The van der Waals surface area contributed by atoms with E-state index in [0.29, 0.717) is 15.7 Å². The minimum Gasteiger partial charge on any atom is -0.307 e. The minimum absolute atomic E-state index is 0.443. The number of nitrogens with zero attached hydrogens (tertiary/aromatic N) is 2. The highest BCUT2D eigenvalue weighted by Gasteiger charge is 2.06. The lowest BCUT2D eigenvalue weighted by Crippen LogP contribution is -2.36. The smallest absolute Gasteiger partial charge is 0.307 e. The number of anilines is 1. The normalized spacial score (nSPS) is 9.20. The van der Waals surface area contributed by atoms with Crippen LogP contribution in [0.15, 0.2) is 22.7 Å². The van der Waals surface area contributed by atoms with Crippen LogP contribution in [0.1, 0.15) is 5.56 Å². The molecular weight excluding hydrogens is 260 g/mol. The first-order valence-electron chi connectivity index (χ1n) is 4.03. The number of amides is 2. The number of benzene rings is 1. The van der Waals surface area contributed by atoms with Crippen molar-refractivity contribution in [1.29, 1.82) is 5.26 Å². The van der Waals surface area contributed by atoms with E-state index >= 15 is 0 Å². The van der Waals surface area contributed by atoms with E-state index in [0.717, 1.165) is 5.01 Å². The molecule has 0 saturated heterocycles. The Morgan fingerprint density at radius 1 is 1.67 bits per heavy atom. The Kier molecular flexibility index (Phi) is 3.66. The summed E-state index contributed by atoms with van der Waals surface area (Å²) in [6, 6.07) is 6.47. The summed E-state index contributed by atoms with van der Waals surface area (Å²) in [7, 11) is 1.43. The summed E-state index contributed by atoms with van der Waals surface area (Å²) in [4.78, 5) is 11.2. The van der Waals surface area contributed by atoms with Crippen molar-refractivity contribution in [2.24, 2.45) is 5.84 Å². The molecule has 0 aliphatic heterocycles. The Labute approximate surface area is 95.6 Å². The number of urea groups is 1. The molecule has 0 aliphatic rings. The average Bonchev–Trinajstić information content (AvgIpc) is 2.20. The van der Waals surface area contributed by atoms with Gasteiger partial charge in [0.1, 0.15) is 6.07 Å². The van der Waals surface area contributed by atoms with Gasteiger partial charge in [-0.15, -0.1) is 0 Å². The molecule has 0 saturated carbocycles. The van der Waals surface area contributed by atoms with Crippen LogP contribution in [0.25, 0.3) is 0 Å². The molecule has 3 N–H and O–H groups in total. The molecule has 0 atom stereocenters. The number of nitrogens with one attached hydrogen (secondary N) is 1. The van der Waals surface area contributed by atoms with E-state index in [1.54, 1.807) is 18.2 Å². The van der Waals surface area contributed by atoms with Gasteiger partial charge in [0.2, 0.25) is 0 Å². The summed E-state index contributed by atoms with van der Waals surface area (Å²) in [5.41, 5.74) is 0.976. The lowest BCUT2D eigenvalue weighted by Gasteiger charge is -2.11. The largest absolute Gasteiger partial charge is 0.335 e. The molecule has 6 heteroatoms. The molecule has 0 bridgehead atoms. The van der Waals surface area contributed by atoms with Crippen molar-refractivity contribution in [2.75, 3.05) is 12.4 Å². The number of hydrazine groups is 1. The first-order valence-corrected chi connectivity index (χ1v) is 4.83. The zero-order chi connectivity index (χ0) is 11.4. The van der Waals surface area contributed by atoms with Crippen LogP contribution in [-0.2, 0) is 0 Å². The fourth-order valence-corrected chi connectivity index (χ4v) is 1.24. The zero-order valence-corrected chi connectivity index (χ0v) is 9.58. The Balaban J connectivity index is 2.89. The standard InChI is InChI=1S/C9H9BrN4O/c1-14(12)9(15)13-7-2-3-8(10)6(4-7)5-11/h2-4H,12H2,1H3,(H,13,15). The van der Waals surface area contributed by atoms with Gasteiger partial charge in [-0.3, -0.25) is 5.01 Å². The molecule has 5 nitrogen and oxygen atoms in total. The van der Waals surface area contributed by atoms with Crippen LogP contribution in [0.4, 0.5) is 10.5 Å². The van der Waals surface area contributed by atoms with Crippen molar-refractivity contribution in [3.63, 3.8) is 0 Å². The maximum Gasteiger partial charge on any atom is 0.335 e. The van der Waals surface area contributed by atoms with Gasteiger partial charge in [-0.25, -0.2) is 10.6 Å². The third kappa shape index (κ3) is 2.94. The molecule has 0 heterocycles. The second-order valence-electron chi connectivity index (χ2n) is 2.85. The Morgan fingerprint density at radius 3 is 2.87 bits per heavy atom. The van der Waals surface area contributed by atoms with Crippen LogP contribution >= 0.6 is 15.9 Å². The number of nitrogens with two attached hydrogens (primary N) is 1. The van der Waals surface area contributed by atoms with Crippen molar-refractivity contribution in [1.82, 2.24) is 5.01 Å². The zero-order valence-electron chi connectivity index (χ0n) is 7.99. The second-order valence-corrected chi connectivity index (χ2v) is 3.70. The minimum atomic E-state index is -0.443. The Hall–Kier alpha value is -1.58. The number of halogens is 1. The fraction of sp³-hybridized carbons (Fsp3) is 0.111. The molecule has 1 rings (SSSR count). The van der Waals surface area contributed by atoms with E-state index in [4.69, 9.17) is 11.1 Å². The molecule has 0 unspecified atom stereocenters. The topological polar surface area (TPSA) is 82.2 Å². The number of hydrogen-bond donors (Lipinski definition) is 2. The number of nitriles is 1. The lowest BCUT2D eigenvalue weighted by atomic mass is 10.2. The summed E-state index contributed by atoms with van der Waals surface area (Å²) in [5.74, 6) is 5.23. The van der Waals surface area contributed by atoms with Gasteiger partial charge in [0, 0.05) is 17.2 Å². The predicted molar refractivity (Wildman–Crippen MR) is 59.8 cm³/mol. The van der Waals surface area contributed by atoms with E-state index in [1.165, 1.54) is 7.05 Å². The van der Waals surface area contributed by atoms with Crippen molar-refractivity contribution in [3.8, 4) is 6.07 Å². The van der Waals surface area contributed by atoms with Crippen LogP contribution in [0, 0.1) is 11.3 Å². The summed E-state index contributed by atoms with van der Waals surface area (Å²) < 4.78 is 0.684. The van der Waals surface area contributed by atoms with Gasteiger partial charge in [-0.1, -0.05) is 0 Å². The van der Waals surface area contributed by atoms with Crippen molar-refractivity contribution < 1.29 is 4.79 Å². The highest BCUT2D eigenvalue weighted by Crippen LogP contribution is 2.20. The van der Waals surface area contributed by atoms with E-state index in [1.807, 2.05) is 6.07 Å². The first kappa shape index (κ1) is 11.5. The van der Waals surface area contributed by atoms with Gasteiger partial charge >= 0.3 is 6.03 Å². The molecule has 1 aromatic carbocycles. The number of carbonyl (C=O) groups is 1. The molecule has 0 radical (unpaired) electrons. The third-order valence-corrected chi connectivity index (χ3v) is 2.35. The summed E-state index contributed by atoms with van der Waals surface area (Å²) in [6.07, 6.45) is 0. The van der Waals surface area contributed by atoms with Gasteiger partial charge in [-0.05, 0) is 34.1 Å². The Morgan fingerprint density at radius 2 is 2.33 bits per heavy atom. The molecule has 0 spiro atoms. The van der Waals surface area contributed by atoms with Gasteiger partial charge in [0.05, 0.1) is 5.56 Å². The highest BCUT2D eigenvalue weighted by molar-refractivity contribution is 9.10. The highest BCUT2D eigenvalue weighted by atomic mass is 79.9. The molecule has 0 aromatic heterocycles. The third-order valence-electron chi connectivity index (χ3n) is 1.66. The molecule has 15 heavy (non-hydrogen) atoms. The Bertz CT molecular complexity index is 425. The molecular formula is C9H9BrN4O. The van der Waals surface area contributed by atoms with Crippen molar-refractivity contribution in [2.45, 2.75) is 0 Å². The summed E-state index contributed by atoms with van der Waals surface area (Å²) in [6.45, 7) is 0. The number of carbonyl (C=O) groups excluding carboxylic acids is 1. The monoisotopic (exact) mass is 268 g/mol.